The standard InChI is InChI=1S/C22H24N4O3/c1-11(2)26-16-8-6-5-7-14(16)19-13(4)20(12(3)9-17(19)26)24-18(27)10-15-21(28)25-22(29)23-15/h5-9,11,28H,10H2,1-4H3,(H,24,27)(H2,23,25,29). The molecular weight excluding hydrogens is 368 g/mol. The molecule has 0 bridgehead atoms. The van der Waals surface area contributed by atoms with E-state index in [1.807, 2.05) is 26.0 Å². The largest absolute Gasteiger partial charge is 0.493 e. The number of hydrogen-bond donors (Lipinski definition) is 4. The van der Waals surface area contributed by atoms with Gasteiger partial charge in [-0.3, -0.25) is 9.78 Å². The predicted octanol–water partition coefficient (Wildman–Crippen LogP) is 3.90. The summed E-state index contributed by atoms with van der Waals surface area (Å²) in [6.45, 7) is 8.31. The number of imidazole rings is 1. The lowest BCUT2D eigenvalue weighted by Gasteiger charge is -2.16. The van der Waals surface area contributed by atoms with Crippen molar-refractivity contribution in [3.8, 4) is 5.88 Å². The number of aromatic amines is 2. The quantitative estimate of drug-likeness (QED) is 0.423. The third-order valence-electron chi connectivity index (χ3n) is 5.35. The van der Waals surface area contributed by atoms with Crippen molar-refractivity contribution in [3.05, 3.63) is 57.6 Å². The molecule has 0 aliphatic carbocycles. The summed E-state index contributed by atoms with van der Waals surface area (Å²) < 4.78 is 2.32. The zero-order valence-electron chi connectivity index (χ0n) is 16.9. The van der Waals surface area contributed by atoms with Crippen LogP contribution >= 0.6 is 0 Å². The molecule has 7 nitrogen and oxygen atoms in total. The number of amides is 1. The number of nitrogens with zero attached hydrogens (tertiary/aromatic N) is 1. The average Bonchev–Trinajstić information content (AvgIpc) is 3.14. The summed E-state index contributed by atoms with van der Waals surface area (Å²) in [4.78, 5) is 28.5. The average molecular weight is 392 g/mol. The molecular formula is C22H24N4O3. The summed E-state index contributed by atoms with van der Waals surface area (Å²) in [5.41, 5.74) is 4.64. The number of carbonyl (C=O) groups is 1. The Morgan fingerprint density at radius 1 is 1.17 bits per heavy atom. The molecule has 4 rings (SSSR count). The minimum Gasteiger partial charge on any atom is -0.493 e. The molecule has 2 aromatic carbocycles. The maximum absolute atomic E-state index is 12.6. The van der Waals surface area contributed by atoms with Crippen LogP contribution in [0.15, 0.2) is 35.1 Å². The number of benzene rings is 2. The van der Waals surface area contributed by atoms with Gasteiger partial charge in [0.2, 0.25) is 11.8 Å². The highest BCUT2D eigenvalue weighted by molar-refractivity contribution is 6.12. The van der Waals surface area contributed by atoms with Gasteiger partial charge in [0, 0.05) is 28.0 Å². The number of aromatic nitrogens is 3. The molecule has 0 aliphatic heterocycles. The van der Waals surface area contributed by atoms with Gasteiger partial charge in [0.25, 0.3) is 0 Å². The minimum absolute atomic E-state index is 0.130. The molecule has 4 aromatic rings. The lowest BCUT2D eigenvalue weighted by atomic mass is 10.0. The highest BCUT2D eigenvalue weighted by Crippen LogP contribution is 2.38. The smallest absolute Gasteiger partial charge is 0.325 e. The van der Waals surface area contributed by atoms with Crippen LogP contribution in [-0.4, -0.2) is 25.5 Å². The maximum Gasteiger partial charge on any atom is 0.325 e. The Morgan fingerprint density at radius 3 is 2.55 bits per heavy atom. The second-order valence-corrected chi connectivity index (χ2v) is 7.70. The van der Waals surface area contributed by atoms with E-state index in [2.05, 4.69) is 51.9 Å². The molecule has 2 aromatic heterocycles. The molecule has 1 amide bonds. The molecule has 0 unspecified atom stereocenters. The van der Waals surface area contributed by atoms with Gasteiger partial charge < -0.3 is 20.0 Å². The van der Waals surface area contributed by atoms with Crippen LogP contribution in [-0.2, 0) is 11.2 Å². The van der Waals surface area contributed by atoms with Gasteiger partial charge in [-0.05, 0) is 51.0 Å². The first-order valence-electron chi connectivity index (χ1n) is 9.60. The number of hydrogen-bond acceptors (Lipinski definition) is 3. The van der Waals surface area contributed by atoms with E-state index in [4.69, 9.17) is 0 Å². The van der Waals surface area contributed by atoms with Gasteiger partial charge in [-0.25, -0.2) is 4.79 Å². The van der Waals surface area contributed by atoms with Gasteiger partial charge in [0.05, 0.1) is 17.6 Å². The maximum atomic E-state index is 12.6. The number of fused-ring (bicyclic) bond motifs is 3. The van der Waals surface area contributed by atoms with Crippen LogP contribution in [0.5, 0.6) is 5.88 Å². The normalized spacial score (nSPS) is 11.6. The Kier molecular flexibility index (Phi) is 4.45. The molecule has 0 fully saturated rings. The van der Waals surface area contributed by atoms with E-state index >= 15 is 0 Å². The molecule has 29 heavy (non-hydrogen) atoms. The summed E-state index contributed by atoms with van der Waals surface area (Å²) >= 11 is 0. The Labute approximate surface area is 167 Å². The van der Waals surface area contributed by atoms with E-state index in [9.17, 15) is 14.7 Å². The van der Waals surface area contributed by atoms with Crippen molar-refractivity contribution in [2.75, 3.05) is 5.32 Å². The molecule has 150 valence electrons. The fourth-order valence-corrected chi connectivity index (χ4v) is 4.15. The first-order chi connectivity index (χ1) is 13.8. The van der Waals surface area contributed by atoms with Crippen molar-refractivity contribution in [1.29, 1.82) is 0 Å². The second-order valence-electron chi connectivity index (χ2n) is 7.70. The lowest BCUT2D eigenvalue weighted by Crippen LogP contribution is -2.17. The number of H-pyrrole nitrogens is 2. The van der Waals surface area contributed by atoms with E-state index in [1.54, 1.807) is 0 Å². The highest BCUT2D eigenvalue weighted by Gasteiger charge is 2.19. The minimum atomic E-state index is -0.541. The predicted molar refractivity (Wildman–Crippen MR) is 115 cm³/mol. The van der Waals surface area contributed by atoms with Gasteiger partial charge >= 0.3 is 5.69 Å². The van der Waals surface area contributed by atoms with Crippen molar-refractivity contribution < 1.29 is 9.90 Å². The van der Waals surface area contributed by atoms with Crippen molar-refractivity contribution in [1.82, 2.24) is 14.5 Å². The lowest BCUT2D eigenvalue weighted by molar-refractivity contribution is -0.115. The van der Waals surface area contributed by atoms with Crippen molar-refractivity contribution >= 4 is 33.4 Å². The Morgan fingerprint density at radius 2 is 1.90 bits per heavy atom. The number of nitrogens with one attached hydrogen (secondary N) is 3. The van der Waals surface area contributed by atoms with E-state index in [-0.39, 0.29) is 23.9 Å². The summed E-state index contributed by atoms with van der Waals surface area (Å²) in [7, 11) is 0. The molecule has 0 spiro atoms. The fourth-order valence-electron chi connectivity index (χ4n) is 4.15. The van der Waals surface area contributed by atoms with Crippen LogP contribution in [0.2, 0.25) is 0 Å². The van der Waals surface area contributed by atoms with Crippen molar-refractivity contribution in [2.45, 2.75) is 40.2 Å². The number of carbonyl (C=O) groups excluding carboxylic acids is 1. The number of aromatic hydroxyl groups is 1. The summed E-state index contributed by atoms with van der Waals surface area (Å²) in [6, 6.07) is 10.7. The molecule has 7 heteroatoms. The number of aryl methyl sites for hydroxylation is 2. The van der Waals surface area contributed by atoms with Gasteiger partial charge in [0.15, 0.2) is 0 Å². The van der Waals surface area contributed by atoms with Crippen LogP contribution in [0.25, 0.3) is 21.8 Å². The Hall–Kier alpha value is -3.48. The van der Waals surface area contributed by atoms with Crippen LogP contribution in [0.1, 0.15) is 36.7 Å². The Balaban J connectivity index is 1.81. The molecule has 4 N–H and O–H groups in total. The molecule has 0 aliphatic rings. The van der Waals surface area contributed by atoms with E-state index in [0.29, 0.717) is 6.04 Å². The summed E-state index contributed by atoms with van der Waals surface area (Å²) in [6.07, 6.45) is -0.130. The summed E-state index contributed by atoms with van der Waals surface area (Å²) in [5.74, 6) is -0.622. The first-order valence-corrected chi connectivity index (χ1v) is 9.60. The molecule has 0 saturated heterocycles. The second kappa shape index (κ2) is 6.84. The first kappa shape index (κ1) is 18.9. The zero-order valence-corrected chi connectivity index (χ0v) is 16.9. The fraction of sp³-hybridized carbons (Fsp3) is 0.273. The van der Waals surface area contributed by atoms with Gasteiger partial charge in [-0.15, -0.1) is 0 Å². The SMILES string of the molecule is Cc1cc2c(c(C)c1NC(=O)Cc1[nH]c(=O)[nH]c1O)c1ccccc1n2C(C)C. The highest BCUT2D eigenvalue weighted by atomic mass is 16.3. The zero-order chi connectivity index (χ0) is 20.9. The van der Waals surface area contributed by atoms with E-state index in [1.165, 1.54) is 5.52 Å². The van der Waals surface area contributed by atoms with Crippen molar-refractivity contribution in [3.63, 3.8) is 0 Å². The van der Waals surface area contributed by atoms with Crippen LogP contribution in [0.4, 0.5) is 5.69 Å². The number of rotatable bonds is 4. The van der Waals surface area contributed by atoms with Crippen LogP contribution < -0.4 is 11.0 Å². The molecule has 0 radical (unpaired) electrons. The van der Waals surface area contributed by atoms with Crippen LogP contribution in [0, 0.1) is 13.8 Å². The van der Waals surface area contributed by atoms with Gasteiger partial charge in [0.1, 0.15) is 0 Å². The van der Waals surface area contributed by atoms with Gasteiger partial charge in [-0.1, -0.05) is 18.2 Å². The number of para-hydroxylation sites is 1. The molecule has 2 heterocycles. The third-order valence-corrected chi connectivity index (χ3v) is 5.35. The molecule has 0 atom stereocenters. The van der Waals surface area contributed by atoms with Crippen LogP contribution in [0.3, 0.4) is 0 Å². The summed E-state index contributed by atoms with van der Waals surface area (Å²) in [5, 5.41) is 14.9. The monoisotopic (exact) mass is 392 g/mol. The topological polar surface area (TPSA) is 103 Å². The van der Waals surface area contributed by atoms with Crippen molar-refractivity contribution in [2.24, 2.45) is 0 Å². The third kappa shape index (κ3) is 3.08. The Bertz CT molecular complexity index is 1310. The molecule has 0 saturated carbocycles. The van der Waals surface area contributed by atoms with E-state index in [0.717, 1.165) is 33.1 Å². The van der Waals surface area contributed by atoms with Gasteiger partial charge in [-0.2, -0.15) is 0 Å². The number of anilines is 1. The van der Waals surface area contributed by atoms with E-state index < -0.39 is 5.69 Å².